The lowest BCUT2D eigenvalue weighted by Gasteiger charge is -2.13. The molecule has 0 aliphatic carbocycles. The number of benzene rings is 1. The molecule has 16 heavy (non-hydrogen) atoms. The van der Waals surface area contributed by atoms with Crippen molar-refractivity contribution in [3.05, 3.63) is 32.9 Å². The Morgan fingerprint density at radius 3 is 2.50 bits per heavy atom. The topological polar surface area (TPSA) is 17.1 Å². The van der Waals surface area contributed by atoms with Crippen LogP contribution in [0.25, 0.3) is 0 Å². The lowest BCUT2D eigenvalue weighted by atomic mass is 10.0. The van der Waals surface area contributed by atoms with Gasteiger partial charge in [-0.1, -0.05) is 28.1 Å². The van der Waals surface area contributed by atoms with Crippen molar-refractivity contribution in [2.24, 2.45) is 0 Å². The van der Waals surface area contributed by atoms with Crippen LogP contribution < -0.4 is 0 Å². The van der Waals surface area contributed by atoms with E-state index in [0.29, 0.717) is 0 Å². The molecule has 0 unspecified atom stereocenters. The zero-order valence-corrected chi connectivity index (χ0v) is 11.7. The van der Waals surface area contributed by atoms with Crippen LogP contribution >= 0.6 is 38.5 Å². The first-order chi connectivity index (χ1) is 7.36. The van der Waals surface area contributed by atoms with E-state index >= 15 is 0 Å². The SMILES string of the molecule is O=C(CBr)Cc1cccc(I)c1C(F)(F)F. The molecule has 0 atom stereocenters. The summed E-state index contributed by atoms with van der Waals surface area (Å²) in [4.78, 5) is 11.2. The third-order valence-electron chi connectivity index (χ3n) is 1.92. The highest BCUT2D eigenvalue weighted by molar-refractivity contribution is 14.1. The second-order valence-corrected chi connectivity index (χ2v) is 4.84. The van der Waals surface area contributed by atoms with E-state index in [-0.39, 0.29) is 26.7 Å². The van der Waals surface area contributed by atoms with E-state index in [1.807, 2.05) is 0 Å². The first-order valence-corrected chi connectivity index (χ1v) is 6.48. The number of alkyl halides is 4. The first-order valence-electron chi connectivity index (χ1n) is 4.28. The smallest absolute Gasteiger partial charge is 0.298 e. The minimum atomic E-state index is -4.42. The maximum atomic E-state index is 12.7. The number of hydrogen-bond donors (Lipinski definition) is 0. The molecule has 0 aliphatic rings. The van der Waals surface area contributed by atoms with Crippen LogP contribution in [0.5, 0.6) is 0 Å². The molecule has 88 valence electrons. The highest BCUT2D eigenvalue weighted by atomic mass is 127. The quantitative estimate of drug-likeness (QED) is 0.551. The Balaban J connectivity index is 3.18. The lowest BCUT2D eigenvalue weighted by Crippen LogP contribution is -2.14. The van der Waals surface area contributed by atoms with Crippen molar-refractivity contribution in [1.82, 2.24) is 0 Å². The van der Waals surface area contributed by atoms with E-state index < -0.39 is 11.7 Å². The van der Waals surface area contributed by atoms with Gasteiger partial charge >= 0.3 is 6.18 Å². The fourth-order valence-electron chi connectivity index (χ4n) is 1.29. The fourth-order valence-corrected chi connectivity index (χ4v) is 2.35. The largest absolute Gasteiger partial charge is 0.417 e. The second kappa shape index (κ2) is 5.48. The molecule has 0 radical (unpaired) electrons. The Morgan fingerprint density at radius 1 is 1.38 bits per heavy atom. The Morgan fingerprint density at radius 2 is 2.00 bits per heavy atom. The zero-order chi connectivity index (χ0) is 12.3. The lowest BCUT2D eigenvalue weighted by molar-refractivity contribution is -0.139. The van der Waals surface area contributed by atoms with Crippen molar-refractivity contribution in [1.29, 1.82) is 0 Å². The molecule has 1 nitrogen and oxygen atoms in total. The molecule has 6 heteroatoms. The minimum absolute atomic E-state index is 0.0313. The maximum absolute atomic E-state index is 12.7. The third kappa shape index (κ3) is 3.44. The number of carbonyl (C=O) groups is 1. The molecule has 0 aliphatic heterocycles. The highest BCUT2D eigenvalue weighted by Crippen LogP contribution is 2.35. The Bertz CT molecular complexity index is 404. The van der Waals surface area contributed by atoms with Gasteiger partial charge in [-0.15, -0.1) is 0 Å². The summed E-state index contributed by atoms with van der Waals surface area (Å²) < 4.78 is 38.3. The van der Waals surface area contributed by atoms with Crippen LogP contribution in [0.2, 0.25) is 0 Å². The van der Waals surface area contributed by atoms with Crippen molar-refractivity contribution in [2.75, 3.05) is 5.33 Å². The molecule has 0 fully saturated rings. The summed E-state index contributed by atoms with van der Waals surface area (Å²) >= 11 is 4.56. The van der Waals surface area contributed by atoms with Gasteiger partial charge in [0.2, 0.25) is 0 Å². The molecule has 0 spiro atoms. The molecular weight excluding hydrogens is 400 g/mol. The maximum Gasteiger partial charge on any atom is 0.417 e. The van der Waals surface area contributed by atoms with E-state index in [9.17, 15) is 18.0 Å². The molecular formula is C10H7BrF3IO. The summed E-state index contributed by atoms with van der Waals surface area (Å²) in [6.45, 7) is 0. The molecule has 0 amide bonds. The third-order valence-corrected chi connectivity index (χ3v) is 3.44. The zero-order valence-electron chi connectivity index (χ0n) is 7.94. The van der Waals surface area contributed by atoms with Crippen LogP contribution in [0.15, 0.2) is 18.2 Å². The van der Waals surface area contributed by atoms with Crippen molar-refractivity contribution >= 4 is 44.3 Å². The van der Waals surface area contributed by atoms with Gasteiger partial charge in [-0.05, 0) is 34.2 Å². The van der Waals surface area contributed by atoms with E-state index in [1.54, 1.807) is 22.6 Å². The molecule has 0 saturated heterocycles. The predicted molar refractivity (Wildman–Crippen MR) is 66.7 cm³/mol. The standard InChI is InChI=1S/C10H7BrF3IO/c11-5-7(16)4-6-2-1-3-8(15)9(6)10(12,13)14/h1-3H,4-5H2. The Hall–Kier alpha value is -0.110. The number of Topliss-reactive ketones (excluding diaryl/α,β-unsaturated/α-hetero) is 1. The number of halogens is 5. The molecule has 0 aromatic heterocycles. The molecule has 1 aromatic carbocycles. The van der Waals surface area contributed by atoms with E-state index in [1.165, 1.54) is 18.2 Å². The van der Waals surface area contributed by atoms with Gasteiger partial charge < -0.3 is 0 Å². The second-order valence-electron chi connectivity index (χ2n) is 3.12. The Labute approximate surface area is 113 Å². The summed E-state index contributed by atoms with van der Waals surface area (Å²) in [7, 11) is 0. The molecule has 1 aromatic rings. The van der Waals surface area contributed by atoms with Crippen LogP contribution in [-0.2, 0) is 17.4 Å². The van der Waals surface area contributed by atoms with Gasteiger partial charge in [0.25, 0.3) is 0 Å². The molecule has 1 rings (SSSR count). The van der Waals surface area contributed by atoms with Crippen LogP contribution in [0.4, 0.5) is 13.2 Å². The highest BCUT2D eigenvalue weighted by Gasteiger charge is 2.35. The van der Waals surface area contributed by atoms with Crippen molar-refractivity contribution < 1.29 is 18.0 Å². The average molecular weight is 407 g/mol. The van der Waals surface area contributed by atoms with E-state index in [2.05, 4.69) is 15.9 Å². The average Bonchev–Trinajstić information content (AvgIpc) is 2.15. The van der Waals surface area contributed by atoms with Crippen molar-refractivity contribution in [2.45, 2.75) is 12.6 Å². The van der Waals surface area contributed by atoms with Gasteiger partial charge in [-0.25, -0.2) is 0 Å². The van der Waals surface area contributed by atoms with Crippen LogP contribution in [0, 0.1) is 3.57 Å². The fraction of sp³-hybridized carbons (Fsp3) is 0.300. The number of hydrogen-bond acceptors (Lipinski definition) is 1. The van der Waals surface area contributed by atoms with Crippen molar-refractivity contribution in [3.63, 3.8) is 0 Å². The summed E-state index contributed by atoms with van der Waals surface area (Å²) in [6.07, 6.45) is -4.61. The van der Waals surface area contributed by atoms with Gasteiger partial charge in [0.15, 0.2) is 0 Å². The van der Waals surface area contributed by atoms with Gasteiger partial charge in [-0.3, -0.25) is 4.79 Å². The van der Waals surface area contributed by atoms with Crippen LogP contribution in [0.3, 0.4) is 0 Å². The van der Waals surface area contributed by atoms with E-state index in [0.717, 1.165) is 0 Å². The molecule has 0 heterocycles. The van der Waals surface area contributed by atoms with Gasteiger partial charge in [0.1, 0.15) is 5.78 Å². The number of carbonyl (C=O) groups excluding carboxylic acids is 1. The number of rotatable bonds is 3. The van der Waals surface area contributed by atoms with E-state index in [4.69, 9.17) is 0 Å². The monoisotopic (exact) mass is 406 g/mol. The Kier molecular flexibility index (Phi) is 4.78. The number of ketones is 1. The minimum Gasteiger partial charge on any atom is -0.298 e. The summed E-state index contributed by atoms with van der Waals surface area (Å²) in [6, 6.07) is 4.24. The van der Waals surface area contributed by atoms with Gasteiger partial charge in [-0.2, -0.15) is 13.2 Å². The predicted octanol–water partition coefficient (Wildman–Crippen LogP) is 3.82. The van der Waals surface area contributed by atoms with Gasteiger partial charge in [0, 0.05) is 9.99 Å². The molecule has 0 bridgehead atoms. The summed E-state index contributed by atoms with van der Waals surface area (Å²) in [5.74, 6) is -0.271. The van der Waals surface area contributed by atoms with Crippen molar-refractivity contribution in [3.8, 4) is 0 Å². The first kappa shape index (κ1) is 14.0. The van der Waals surface area contributed by atoms with Crippen LogP contribution in [0.1, 0.15) is 11.1 Å². The molecule has 0 N–H and O–H groups in total. The summed E-state index contributed by atoms with van der Waals surface area (Å²) in [5.41, 5.74) is -0.672. The van der Waals surface area contributed by atoms with Crippen LogP contribution in [-0.4, -0.2) is 11.1 Å². The van der Waals surface area contributed by atoms with Gasteiger partial charge in [0.05, 0.1) is 10.9 Å². The normalized spacial score (nSPS) is 11.6. The summed E-state index contributed by atoms with van der Waals surface area (Å²) in [5, 5.41) is 0.0652. The molecule has 0 saturated carbocycles.